The highest BCUT2D eigenvalue weighted by atomic mass is 16.2. The molecule has 0 radical (unpaired) electrons. The number of hydrogen-bond acceptors (Lipinski definition) is 4. The monoisotopic (exact) mass is 409 g/mol. The molecule has 6 heteroatoms. The molecule has 2 aromatic rings. The molecule has 2 aromatic heterocycles. The summed E-state index contributed by atoms with van der Waals surface area (Å²) < 4.78 is 2.02. The molecule has 0 unspecified atom stereocenters. The van der Waals surface area contributed by atoms with Gasteiger partial charge in [0.15, 0.2) is 5.65 Å². The summed E-state index contributed by atoms with van der Waals surface area (Å²) in [5.74, 6) is 3.39. The molecule has 3 aliphatic rings. The zero-order valence-corrected chi connectivity index (χ0v) is 18.8. The maximum Gasteiger partial charge on any atom is 0.223 e. The van der Waals surface area contributed by atoms with Crippen LogP contribution in [0.3, 0.4) is 0 Å². The maximum atomic E-state index is 13.0. The highest BCUT2D eigenvalue weighted by molar-refractivity contribution is 5.78. The molecule has 30 heavy (non-hydrogen) atoms. The van der Waals surface area contributed by atoms with E-state index in [1.165, 1.54) is 30.6 Å². The minimum atomic E-state index is 0.389. The fourth-order valence-corrected chi connectivity index (χ4v) is 6.32. The second kappa shape index (κ2) is 7.54. The Labute approximate surface area is 179 Å². The Bertz CT molecular complexity index is 950. The average Bonchev–Trinajstić information content (AvgIpc) is 3.16. The number of piperidine rings is 3. The Balaban J connectivity index is 1.52. The van der Waals surface area contributed by atoms with Gasteiger partial charge in [0.25, 0.3) is 0 Å². The minimum Gasteiger partial charge on any atom is -0.356 e. The number of anilines is 1. The third-order valence-corrected chi connectivity index (χ3v) is 7.82. The number of aryl methyl sites for hydroxylation is 1. The summed E-state index contributed by atoms with van der Waals surface area (Å²) in [4.78, 5) is 22.6. The van der Waals surface area contributed by atoms with Gasteiger partial charge < -0.3 is 9.80 Å². The van der Waals surface area contributed by atoms with E-state index in [2.05, 4.69) is 42.6 Å². The first-order valence-corrected chi connectivity index (χ1v) is 11.8. The summed E-state index contributed by atoms with van der Waals surface area (Å²) in [5.41, 5.74) is 3.23. The van der Waals surface area contributed by atoms with Crippen LogP contribution in [0.15, 0.2) is 12.3 Å². The van der Waals surface area contributed by atoms with E-state index in [0.717, 1.165) is 43.7 Å². The van der Waals surface area contributed by atoms with E-state index in [9.17, 15) is 4.79 Å². The Morgan fingerprint density at radius 3 is 2.80 bits per heavy atom. The Hall–Kier alpha value is -2.11. The minimum absolute atomic E-state index is 0.389. The molecule has 6 nitrogen and oxygen atoms in total. The van der Waals surface area contributed by atoms with Crippen molar-refractivity contribution in [2.75, 3.05) is 18.0 Å². The number of carbonyl (C=O) groups is 1. The summed E-state index contributed by atoms with van der Waals surface area (Å²) in [6.45, 7) is 10.9. The normalized spacial score (nSPS) is 29.0. The molecule has 0 aromatic carbocycles. The van der Waals surface area contributed by atoms with E-state index < -0.39 is 0 Å². The third kappa shape index (κ3) is 3.19. The van der Waals surface area contributed by atoms with Crippen molar-refractivity contribution >= 4 is 17.4 Å². The molecular formula is C24H35N5O. The van der Waals surface area contributed by atoms with Crippen LogP contribution < -0.4 is 4.90 Å². The molecule has 0 spiro atoms. The van der Waals surface area contributed by atoms with Crippen LogP contribution in [0.25, 0.3) is 5.65 Å². The highest BCUT2D eigenvalue weighted by Gasteiger charge is 2.49. The fraction of sp³-hybridized carbons (Fsp3) is 0.708. The van der Waals surface area contributed by atoms with E-state index in [1.54, 1.807) is 0 Å². The predicted octanol–water partition coefficient (Wildman–Crippen LogP) is 3.99. The number of nitrogens with zero attached hydrogens (tertiary/aromatic N) is 5. The second-order valence-electron chi connectivity index (χ2n) is 10.2. The van der Waals surface area contributed by atoms with Crippen LogP contribution in [0.1, 0.15) is 63.6 Å². The molecule has 4 atom stereocenters. The van der Waals surface area contributed by atoms with Crippen LogP contribution in [0.2, 0.25) is 0 Å². The quantitative estimate of drug-likeness (QED) is 0.766. The lowest BCUT2D eigenvalue weighted by Crippen LogP contribution is -2.65. The molecule has 5 rings (SSSR count). The van der Waals surface area contributed by atoms with Gasteiger partial charge in [-0.25, -0.2) is 4.98 Å². The van der Waals surface area contributed by atoms with Gasteiger partial charge in [0, 0.05) is 48.9 Å². The second-order valence-corrected chi connectivity index (χ2v) is 10.2. The molecule has 3 aliphatic heterocycles. The molecule has 0 aliphatic carbocycles. The molecular weight excluding hydrogens is 374 g/mol. The first-order valence-electron chi connectivity index (χ1n) is 11.8. The molecule has 0 N–H and O–H groups in total. The molecule has 1 amide bonds. The Kier molecular flexibility index (Phi) is 4.98. The summed E-state index contributed by atoms with van der Waals surface area (Å²) in [6.07, 6.45) is 8.40. The zero-order valence-electron chi connectivity index (χ0n) is 18.8. The lowest BCUT2D eigenvalue weighted by molar-refractivity contribution is -0.149. The standard InChI is InChI=1S/C24H35N5O/c1-15(2)8-9-21-19-12-18(20-6-5-7-23(30)28(20)21)13-27(14-19)24-16(3)17(4)26-22-10-11-25-29(22)24/h10-11,15,18-21H,5-9,12-14H2,1-4H3/t18-,19+,20+,21+/m1/s1. The van der Waals surface area contributed by atoms with Crippen LogP contribution in [0.5, 0.6) is 0 Å². The highest BCUT2D eigenvalue weighted by Crippen LogP contribution is 2.44. The van der Waals surface area contributed by atoms with E-state index in [0.29, 0.717) is 35.7 Å². The summed E-state index contributed by atoms with van der Waals surface area (Å²) in [5, 5.41) is 4.61. The van der Waals surface area contributed by atoms with E-state index >= 15 is 0 Å². The van der Waals surface area contributed by atoms with Crippen molar-refractivity contribution in [3.8, 4) is 0 Å². The van der Waals surface area contributed by atoms with Gasteiger partial charge in [-0.05, 0) is 63.7 Å². The van der Waals surface area contributed by atoms with Crippen molar-refractivity contribution in [2.45, 2.75) is 78.3 Å². The largest absolute Gasteiger partial charge is 0.356 e. The molecule has 5 heterocycles. The fourth-order valence-electron chi connectivity index (χ4n) is 6.32. The lowest BCUT2D eigenvalue weighted by Gasteiger charge is -2.57. The number of rotatable bonds is 4. The Morgan fingerprint density at radius 2 is 2.00 bits per heavy atom. The smallest absolute Gasteiger partial charge is 0.223 e. The van der Waals surface area contributed by atoms with Crippen molar-refractivity contribution in [2.24, 2.45) is 17.8 Å². The van der Waals surface area contributed by atoms with Crippen molar-refractivity contribution in [1.82, 2.24) is 19.5 Å². The van der Waals surface area contributed by atoms with Crippen LogP contribution in [0, 0.1) is 31.6 Å². The molecule has 162 valence electrons. The number of aromatic nitrogens is 3. The maximum absolute atomic E-state index is 13.0. The van der Waals surface area contributed by atoms with Gasteiger partial charge in [0.05, 0.1) is 6.20 Å². The van der Waals surface area contributed by atoms with Gasteiger partial charge in [-0.3, -0.25) is 4.79 Å². The number of fused-ring (bicyclic) bond motifs is 5. The molecule has 3 fully saturated rings. The average molecular weight is 410 g/mol. The Morgan fingerprint density at radius 1 is 1.20 bits per heavy atom. The van der Waals surface area contributed by atoms with E-state index in [1.807, 2.05) is 16.8 Å². The van der Waals surface area contributed by atoms with Gasteiger partial charge in [-0.2, -0.15) is 9.61 Å². The van der Waals surface area contributed by atoms with Crippen molar-refractivity contribution < 1.29 is 4.79 Å². The first kappa shape index (κ1) is 19.8. The topological polar surface area (TPSA) is 53.7 Å². The van der Waals surface area contributed by atoms with E-state index in [-0.39, 0.29) is 0 Å². The predicted molar refractivity (Wildman–Crippen MR) is 119 cm³/mol. The number of carbonyl (C=O) groups excluding carboxylic acids is 1. The van der Waals surface area contributed by atoms with Crippen molar-refractivity contribution in [3.05, 3.63) is 23.5 Å². The molecule has 2 bridgehead atoms. The van der Waals surface area contributed by atoms with Gasteiger partial charge in [0.1, 0.15) is 5.82 Å². The number of hydrogen-bond donors (Lipinski definition) is 0. The van der Waals surface area contributed by atoms with Crippen LogP contribution in [0.4, 0.5) is 5.82 Å². The van der Waals surface area contributed by atoms with E-state index in [4.69, 9.17) is 4.98 Å². The molecule has 3 saturated heterocycles. The van der Waals surface area contributed by atoms with Crippen molar-refractivity contribution in [3.63, 3.8) is 0 Å². The first-order chi connectivity index (χ1) is 14.4. The van der Waals surface area contributed by atoms with Crippen LogP contribution in [-0.4, -0.2) is 50.6 Å². The van der Waals surface area contributed by atoms with Crippen molar-refractivity contribution in [1.29, 1.82) is 0 Å². The van der Waals surface area contributed by atoms with Gasteiger partial charge in [-0.15, -0.1) is 0 Å². The third-order valence-electron chi connectivity index (χ3n) is 7.82. The zero-order chi connectivity index (χ0) is 21.0. The lowest BCUT2D eigenvalue weighted by atomic mass is 9.70. The SMILES string of the molecule is Cc1nc2ccnn2c(N2C[C@H]3C[C@@H](C2)[C@H](CCC(C)C)N2C(=O)CCC[C@@H]32)c1C. The molecule has 0 saturated carbocycles. The van der Waals surface area contributed by atoms with Gasteiger partial charge in [0.2, 0.25) is 5.91 Å². The van der Waals surface area contributed by atoms with Gasteiger partial charge in [-0.1, -0.05) is 13.8 Å². The number of amides is 1. The van der Waals surface area contributed by atoms with Crippen LogP contribution in [-0.2, 0) is 4.79 Å². The summed E-state index contributed by atoms with van der Waals surface area (Å²) in [7, 11) is 0. The van der Waals surface area contributed by atoms with Crippen LogP contribution >= 0.6 is 0 Å². The summed E-state index contributed by atoms with van der Waals surface area (Å²) >= 11 is 0. The summed E-state index contributed by atoms with van der Waals surface area (Å²) in [6, 6.07) is 2.80. The van der Waals surface area contributed by atoms with Gasteiger partial charge >= 0.3 is 0 Å².